The van der Waals surface area contributed by atoms with E-state index in [-0.39, 0.29) is 0 Å². The van der Waals surface area contributed by atoms with Crippen LogP contribution in [0.1, 0.15) is 23.9 Å². The molecular formula is C20H18F3N3OS. The third-order valence-corrected chi connectivity index (χ3v) is 5.11. The molecule has 0 aliphatic rings. The van der Waals surface area contributed by atoms with Crippen molar-refractivity contribution in [1.29, 1.82) is 0 Å². The molecule has 0 saturated carbocycles. The van der Waals surface area contributed by atoms with Gasteiger partial charge in [0, 0.05) is 12.1 Å². The molecule has 4 nitrogen and oxygen atoms in total. The Morgan fingerprint density at radius 1 is 1.14 bits per heavy atom. The van der Waals surface area contributed by atoms with Gasteiger partial charge < -0.3 is 10.3 Å². The van der Waals surface area contributed by atoms with E-state index < -0.39 is 34.3 Å². The Labute approximate surface area is 164 Å². The van der Waals surface area contributed by atoms with Crippen LogP contribution in [0.2, 0.25) is 0 Å². The number of thioether (sulfide) groups is 1. The Hall–Kier alpha value is -2.74. The third kappa shape index (κ3) is 4.56. The smallest absolute Gasteiger partial charge is 0.237 e. The van der Waals surface area contributed by atoms with Crippen molar-refractivity contribution in [2.75, 3.05) is 5.32 Å². The summed E-state index contributed by atoms with van der Waals surface area (Å²) in [7, 11) is 0. The van der Waals surface area contributed by atoms with Crippen LogP contribution in [-0.2, 0) is 11.2 Å². The normalized spacial score (nSPS) is 12.0. The van der Waals surface area contributed by atoms with E-state index in [1.165, 1.54) is 0 Å². The number of hydrogen-bond donors (Lipinski definition) is 2. The van der Waals surface area contributed by atoms with Gasteiger partial charge in [0.25, 0.3) is 0 Å². The van der Waals surface area contributed by atoms with Gasteiger partial charge in [-0.3, -0.25) is 4.79 Å². The number of carbonyl (C=O) groups is 1. The topological polar surface area (TPSA) is 57.8 Å². The van der Waals surface area contributed by atoms with Gasteiger partial charge in [0.15, 0.2) is 22.6 Å². The Kier molecular flexibility index (Phi) is 6.08. The molecule has 1 heterocycles. The molecular weight excluding hydrogens is 387 g/mol. The summed E-state index contributed by atoms with van der Waals surface area (Å²) < 4.78 is 40.0. The SMILES string of the molecule is Cc1[nH]c(SC(C)C(=O)Nc2ccc(F)c(F)c2F)nc1Cc1ccccc1. The van der Waals surface area contributed by atoms with Crippen LogP contribution >= 0.6 is 11.8 Å². The molecule has 2 aromatic carbocycles. The summed E-state index contributed by atoms with van der Waals surface area (Å²) in [6, 6.07) is 11.6. The Bertz CT molecular complexity index is 992. The molecule has 1 amide bonds. The number of imidazole rings is 1. The quantitative estimate of drug-likeness (QED) is 0.456. The number of aromatic nitrogens is 2. The summed E-state index contributed by atoms with van der Waals surface area (Å²) in [5.74, 6) is -4.90. The van der Waals surface area contributed by atoms with Crippen LogP contribution in [0.3, 0.4) is 0 Å². The van der Waals surface area contributed by atoms with Crippen LogP contribution < -0.4 is 5.32 Å². The number of nitrogens with zero attached hydrogens (tertiary/aromatic N) is 1. The molecule has 1 unspecified atom stereocenters. The fraction of sp³-hybridized carbons (Fsp3) is 0.200. The van der Waals surface area contributed by atoms with E-state index in [0.717, 1.165) is 40.8 Å². The molecule has 0 bridgehead atoms. The van der Waals surface area contributed by atoms with E-state index in [9.17, 15) is 18.0 Å². The fourth-order valence-electron chi connectivity index (χ4n) is 2.56. The van der Waals surface area contributed by atoms with Crippen LogP contribution in [0.25, 0.3) is 0 Å². The molecule has 2 N–H and O–H groups in total. The molecule has 146 valence electrons. The average Bonchev–Trinajstić information content (AvgIpc) is 3.01. The van der Waals surface area contributed by atoms with Gasteiger partial charge in [-0.1, -0.05) is 42.1 Å². The van der Waals surface area contributed by atoms with Gasteiger partial charge in [0.1, 0.15) is 0 Å². The summed E-state index contributed by atoms with van der Waals surface area (Å²) in [4.78, 5) is 19.9. The third-order valence-electron chi connectivity index (χ3n) is 4.13. The van der Waals surface area contributed by atoms with Crippen molar-refractivity contribution in [2.45, 2.75) is 30.7 Å². The van der Waals surface area contributed by atoms with Crippen LogP contribution in [0.4, 0.5) is 18.9 Å². The van der Waals surface area contributed by atoms with E-state index in [0.29, 0.717) is 11.6 Å². The standard InChI is InChI=1S/C20H18F3N3OS/c1-11-16(10-13-6-4-3-5-7-13)26-20(24-11)28-12(2)19(27)25-15-9-8-14(21)17(22)18(15)23/h3-9,12H,10H2,1-2H3,(H,24,26)(H,25,27). The molecule has 0 spiro atoms. The van der Waals surface area contributed by atoms with Gasteiger partial charge in [-0.05, 0) is 31.5 Å². The predicted octanol–water partition coefficient (Wildman–Crippen LogP) is 4.85. The maximum atomic E-state index is 13.7. The molecule has 8 heteroatoms. The lowest BCUT2D eigenvalue weighted by Gasteiger charge is -2.11. The molecule has 3 rings (SSSR count). The summed E-state index contributed by atoms with van der Waals surface area (Å²) >= 11 is 1.16. The largest absolute Gasteiger partial charge is 0.337 e. The summed E-state index contributed by atoms with van der Waals surface area (Å²) in [5, 5.41) is 2.19. The van der Waals surface area contributed by atoms with E-state index >= 15 is 0 Å². The zero-order valence-electron chi connectivity index (χ0n) is 15.2. The first-order chi connectivity index (χ1) is 13.3. The summed E-state index contributed by atoms with van der Waals surface area (Å²) in [6.07, 6.45) is 0.657. The fourth-order valence-corrected chi connectivity index (χ4v) is 3.44. The predicted molar refractivity (Wildman–Crippen MR) is 103 cm³/mol. The first-order valence-corrected chi connectivity index (χ1v) is 9.43. The lowest BCUT2D eigenvalue weighted by Crippen LogP contribution is -2.23. The molecule has 28 heavy (non-hydrogen) atoms. The lowest BCUT2D eigenvalue weighted by molar-refractivity contribution is -0.115. The van der Waals surface area contributed by atoms with Crippen LogP contribution in [0.15, 0.2) is 47.6 Å². The Balaban J connectivity index is 1.66. The number of hydrogen-bond acceptors (Lipinski definition) is 3. The number of benzene rings is 2. The molecule has 3 aromatic rings. The van der Waals surface area contributed by atoms with Crippen LogP contribution in [-0.4, -0.2) is 21.1 Å². The first kappa shape index (κ1) is 20.0. The van der Waals surface area contributed by atoms with Gasteiger partial charge >= 0.3 is 0 Å². The molecule has 0 aliphatic heterocycles. The number of halogens is 3. The highest BCUT2D eigenvalue weighted by Gasteiger charge is 2.21. The molecule has 0 radical (unpaired) electrons. The molecule has 1 aromatic heterocycles. The number of nitrogens with one attached hydrogen (secondary N) is 2. The number of rotatable bonds is 6. The van der Waals surface area contributed by atoms with Crippen molar-refractivity contribution < 1.29 is 18.0 Å². The minimum atomic E-state index is -1.62. The highest BCUT2D eigenvalue weighted by atomic mass is 32.2. The lowest BCUT2D eigenvalue weighted by atomic mass is 10.1. The van der Waals surface area contributed by atoms with Gasteiger partial charge in [-0.2, -0.15) is 0 Å². The summed E-state index contributed by atoms with van der Waals surface area (Å²) in [6.45, 7) is 3.52. The van der Waals surface area contributed by atoms with Crippen molar-refractivity contribution in [2.24, 2.45) is 0 Å². The second kappa shape index (κ2) is 8.52. The van der Waals surface area contributed by atoms with Gasteiger partial charge in [0.2, 0.25) is 5.91 Å². The maximum absolute atomic E-state index is 13.7. The monoisotopic (exact) mass is 405 g/mol. The highest BCUT2D eigenvalue weighted by Crippen LogP contribution is 2.25. The molecule has 1 atom stereocenters. The maximum Gasteiger partial charge on any atom is 0.237 e. The second-order valence-corrected chi connectivity index (χ2v) is 7.58. The number of anilines is 1. The van der Waals surface area contributed by atoms with E-state index in [4.69, 9.17) is 0 Å². The second-order valence-electron chi connectivity index (χ2n) is 6.25. The van der Waals surface area contributed by atoms with E-state index in [1.54, 1.807) is 6.92 Å². The van der Waals surface area contributed by atoms with Crippen LogP contribution in [0, 0.1) is 24.4 Å². The van der Waals surface area contributed by atoms with Crippen molar-refractivity contribution in [3.8, 4) is 0 Å². The Morgan fingerprint density at radius 3 is 2.57 bits per heavy atom. The minimum Gasteiger partial charge on any atom is -0.337 e. The van der Waals surface area contributed by atoms with E-state index in [2.05, 4.69) is 15.3 Å². The van der Waals surface area contributed by atoms with Crippen molar-refractivity contribution in [3.63, 3.8) is 0 Å². The molecule has 0 aliphatic carbocycles. The van der Waals surface area contributed by atoms with Gasteiger partial charge in [0.05, 0.1) is 16.6 Å². The number of H-pyrrole nitrogens is 1. The first-order valence-electron chi connectivity index (χ1n) is 8.55. The summed E-state index contributed by atoms with van der Waals surface area (Å²) in [5.41, 5.74) is 2.48. The number of carbonyl (C=O) groups excluding carboxylic acids is 1. The number of aryl methyl sites for hydroxylation is 1. The molecule has 0 fully saturated rings. The molecule has 0 saturated heterocycles. The average molecular weight is 405 g/mol. The minimum absolute atomic E-state index is 0.406. The van der Waals surface area contributed by atoms with Crippen molar-refractivity contribution in [1.82, 2.24) is 9.97 Å². The van der Waals surface area contributed by atoms with Crippen LogP contribution in [0.5, 0.6) is 0 Å². The number of aromatic amines is 1. The number of amides is 1. The highest BCUT2D eigenvalue weighted by molar-refractivity contribution is 8.00. The van der Waals surface area contributed by atoms with Gasteiger partial charge in [-0.15, -0.1) is 0 Å². The van der Waals surface area contributed by atoms with Crippen molar-refractivity contribution >= 4 is 23.4 Å². The zero-order chi connectivity index (χ0) is 20.3. The zero-order valence-corrected chi connectivity index (χ0v) is 16.0. The van der Waals surface area contributed by atoms with Gasteiger partial charge in [-0.25, -0.2) is 18.2 Å². The Morgan fingerprint density at radius 2 is 1.86 bits per heavy atom. The van der Waals surface area contributed by atoms with E-state index in [1.807, 2.05) is 37.3 Å². The van der Waals surface area contributed by atoms with Crippen molar-refractivity contribution in [3.05, 3.63) is 76.9 Å².